The van der Waals surface area contributed by atoms with Crippen molar-refractivity contribution in [3.8, 4) is 5.75 Å². The fraction of sp³-hybridized carbons (Fsp3) is 0.368. The number of hydrogen-bond donors (Lipinski definition) is 1. The maximum Gasteiger partial charge on any atom is 0.119 e. The molecule has 0 bridgehead atoms. The third-order valence-electron chi connectivity index (χ3n) is 3.57. The van der Waals surface area contributed by atoms with Crippen molar-refractivity contribution in [3.05, 3.63) is 64.7 Å². The molecule has 2 rings (SSSR count). The number of hydrogen-bond acceptors (Lipinski definition) is 2. The lowest BCUT2D eigenvalue weighted by molar-refractivity contribution is 0.290. The van der Waals surface area contributed by atoms with Crippen molar-refractivity contribution in [2.45, 2.75) is 39.7 Å². The van der Waals surface area contributed by atoms with E-state index in [1.54, 1.807) is 0 Å². The van der Waals surface area contributed by atoms with Crippen LogP contribution in [-0.2, 0) is 6.42 Å². The van der Waals surface area contributed by atoms with Crippen LogP contribution in [0.3, 0.4) is 0 Å². The third-order valence-corrected chi connectivity index (χ3v) is 3.57. The van der Waals surface area contributed by atoms with E-state index in [1.165, 1.54) is 23.1 Å². The van der Waals surface area contributed by atoms with Crippen LogP contribution in [0.1, 0.15) is 41.6 Å². The molecule has 2 aromatic carbocycles. The zero-order valence-corrected chi connectivity index (χ0v) is 13.2. The minimum absolute atomic E-state index is 0.0958. The van der Waals surface area contributed by atoms with Gasteiger partial charge in [0, 0.05) is 0 Å². The minimum atomic E-state index is -0.0958. The number of nitrogens with two attached hydrogens (primary N) is 1. The Morgan fingerprint density at radius 2 is 1.62 bits per heavy atom. The van der Waals surface area contributed by atoms with Crippen molar-refractivity contribution in [2.75, 3.05) is 6.61 Å². The average Bonchev–Trinajstić information content (AvgIpc) is 2.45. The molecule has 0 aliphatic rings. The van der Waals surface area contributed by atoms with Crippen molar-refractivity contribution in [2.24, 2.45) is 5.73 Å². The standard InChI is InChI=1S/C19H25NO/c1-4-5-16-6-8-17(9-7-16)19(20)13-21-18-11-14(2)10-15(3)12-18/h6-12,19H,4-5,13,20H2,1-3H3. The van der Waals surface area contributed by atoms with Crippen LogP contribution < -0.4 is 10.5 Å². The second-order valence-electron chi connectivity index (χ2n) is 5.73. The molecule has 2 N–H and O–H groups in total. The largest absolute Gasteiger partial charge is 0.492 e. The molecule has 1 atom stereocenters. The molecule has 21 heavy (non-hydrogen) atoms. The molecule has 0 fully saturated rings. The summed E-state index contributed by atoms with van der Waals surface area (Å²) in [6.07, 6.45) is 2.29. The number of benzene rings is 2. The summed E-state index contributed by atoms with van der Waals surface area (Å²) in [4.78, 5) is 0. The normalized spacial score (nSPS) is 12.2. The molecule has 0 aromatic heterocycles. The van der Waals surface area contributed by atoms with Gasteiger partial charge in [0.15, 0.2) is 0 Å². The first kappa shape index (κ1) is 15.6. The van der Waals surface area contributed by atoms with Gasteiger partial charge in [-0.1, -0.05) is 43.7 Å². The molecule has 0 aliphatic heterocycles. The third kappa shape index (κ3) is 4.61. The van der Waals surface area contributed by atoms with E-state index in [1.807, 2.05) is 12.1 Å². The Bertz CT molecular complexity index is 554. The fourth-order valence-corrected chi connectivity index (χ4v) is 2.52. The van der Waals surface area contributed by atoms with E-state index in [2.05, 4.69) is 51.1 Å². The maximum absolute atomic E-state index is 6.22. The van der Waals surface area contributed by atoms with Crippen LogP contribution in [-0.4, -0.2) is 6.61 Å². The summed E-state index contributed by atoms with van der Waals surface area (Å²) in [6.45, 7) is 6.84. The monoisotopic (exact) mass is 283 g/mol. The van der Waals surface area contributed by atoms with E-state index in [4.69, 9.17) is 10.5 Å². The van der Waals surface area contributed by atoms with Crippen LogP contribution in [0.5, 0.6) is 5.75 Å². The van der Waals surface area contributed by atoms with Gasteiger partial charge in [-0.25, -0.2) is 0 Å². The summed E-state index contributed by atoms with van der Waals surface area (Å²) in [5.41, 5.74) is 11.1. The SMILES string of the molecule is CCCc1ccc(C(N)COc2cc(C)cc(C)c2)cc1. The van der Waals surface area contributed by atoms with Gasteiger partial charge in [-0.3, -0.25) is 0 Å². The summed E-state index contributed by atoms with van der Waals surface area (Å²) in [5, 5.41) is 0. The van der Waals surface area contributed by atoms with Gasteiger partial charge in [-0.2, -0.15) is 0 Å². The minimum Gasteiger partial charge on any atom is -0.492 e. The molecular weight excluding hydrogens is 258 g/mol. The van der Waals surface area contributed by atoms with Crippen LogP contribution in [0.2, 0.25) is 0 Å². The molecule has 2 aromatic rings. The van der Waals surface area contributed by atoms with E-state index < -0.39 is 0 Å². The lowest BCUT2D eigenvalue weighted by Crippen LogP contribution is -2.19. The van der Waals surface area contributed by atoms with Gasteiger partial charge in [-0.15, -0.1) is 0 Å². The highest BCUT2D eigenvalue weighted by molar-refractivity contribution is 5.33. The van der Waals surface area contributed by atoms with Crippen molar-refractivity contribution in [1.29, 1.82) is 0 Å². The summed E-state index contributed by atoms with van der Waals surface area (Å²) in [6, 6.07) is 14.7. The van der Waals surface area contributed by atoms with Gasteiger partial charge >= 0.3 is 0 Å². The molecule has 0 saturated carbocycles. The number of ether oxygens (including phenoxy) is 1. The Kier molecular flexibility index (Phi) is 5.40. The highest BCUT2D eigenvalue weighted by Gasteiger charge is 2.07. The Hall–Kier alpha value is -1.80. The van der Waals surface area contributed by atoms with Crippen molar-refractivity contribution in [1.82, 2.24) is 0 Å². The summed E-state index contributed by atoms with van der Waals surface area (Å²) in [5.74, 6) is 0.894. The molecule has 0 amide bonds. The second kappa shape index (κ2) is 7.28. The first-order valence-corrected chi connectivity index (χ1v) is 7.64. The molecule has 0 saturated heterocycles. The Morgan fingerprint density at radius 1 is 1.00 bits per heavy atom. The van der Waals surface area contributed by atoms with E-state index >= 15 is 0 Å². The molecule has 1 unspecified atom stereocenters. The van der Waals surface area contributed by atoms with Gasteiger partial charge in [0.2, 0.25) is 0 Å². The summed E-state index contributed by atoms with van der Waals surface area (Å²) < 4.78 is 5.84. The Morgan fingerprint density at radius 3 is 2.19 bits per heavy atom. The molecule has 0 spiro atoms. The molecule has 2 heteroatoms. The summed E-state index contributed by atoms with van der Waals surface area (Å²) in [7, 11) is 0. The molecule has 2 nitrogen and oxygen atoms in total. The molecular formula is C19H25NO. The molecule has 0 aliphatic carbocycles. The highest BCUT2D eigenvalue weighted by atomic mass is 16.5. The van der Waals surface area contributed by atoms with Crippen LogP contribution in [0.15, 0.2) is 42.5 Å². The van der Waals surface area contributed by atoms with Crippen LogP contribution in [0.25, 0.3) is 0 Å². The van der Waals surface area contributed by atoms with Gasteiger partial charge < -0.3 is 10.5 Å². The Labute approximate surface area is 127 Å². The van der Waals surface area contributed by atoms with E-state index in [-0.39, 0.29) is 6.04 Å². The first-order valence-electron chi connectivity index (χ1n) is 7.64. The smallest absolute Gasteiger partial charge is 0.119 e. The van der Waals surface area contributed by atoms with Crippen molar-refractivity contribution >= 4 is 0 Å². The maximum atomic E-state index is 6.22. The second-order valence-corrected chi connectivity index (χ2v) is 5.73. The number of aryl methyl sites for hydroxylation is 3. The van der Waals surface area contributed by atoms with Crippen molar-refractivity contribution < 1.29 is 4.74 Å². The van der Waals surface area contributed by atoms with Gasteiger partial charge in [0.1, 0.15) is 12.4 Å². The predicted octanol–water partition coefficient (Wildman–Crippen LogP) is 4.33. The zero-order chi connectivity index (χ0) is 15.2. The molecule has 112 valence electrons. The van der Waals surface area contributed by atoms with Gasteiger partial charge in [-0.05, 0) is 54.7 Å². The van der Waals surface area contributed by atoms with Crippen LogP contribution >= 0.6 is 0 Å². The zero-order valence-electron chi connectivity index (χ0n) is 13.2. The van der Waals surface area contributed by atoms with E-state index in [0.29, 0.717) is 6.61 Å². The van der Waals surface area contributed by atoms with E-state index in [9.17, 15) is 0 Å². The lowest BCUT2D eigenvalue weighted by Gasteiger charge is -2.15. The highest BCUT2D eigenvalue weighted by Crippen LogP contribution is 2.19. The predicted molar refractivity (Wildman–Crippen MR) is 88.8 cm³/mol. The Balaban J connectivity index is 1.96. The average molecular weight is 283 g/mol. The topological polar surface area (TPSA) is 35.2 Å². The molecule has 0 radical (unpaired) electrons. The van der Waals surface area contributed by atoms with Gasteiger partial charge in [0.05, 0.1) is 6.04 Å². The number of rotatable bonds is 6. The first-order chi connectivity index (χ1) is 10.1. The van der Waals surface area contributed by atoms with E-state index in [0.717, 1.165) is 17.7 Å². The summed E-state index contributed by atoms with van der Waals surface area (Å²) >= 11 is 0. The van der Waals surface area contributed by atoms with Crippen LogP contribution in [0.4, 0.5) is 0 Å². The fourth-order valence-electron chi connectivity index (χ4n) is 2.52. The van der Waals surface area contributed by atoms with Crippen LogP contribution in [0, 0.1) is 13.8 Å². The quantitative estimate of drug-likeness (QED) is 0.856. The van der Waals surface area contributed by atoms with Gasteiger partial charge in [0.25, 0.3) is 0 Å². The molecule has 0 heterocycles. The van der Waals surface area contributed by atoms with Crippen molar-refractivity contribution in [3.63, 3.8) is 0 Å². The lowest BCUT2D eigenvalue weighted by atomic mass is 10.0.